The molecule has 1 aliphatic carbocycles. The zero-order valence-corrected chi connectivity index (χ0v) is 16.0. The zero-order valence-electron chi connectivity index (χ0n) is 16.0. The molecular formula is C23H24N2O2. The number of aromatic amines is 1. The number of nitrogens with one attached hydrogen (secondary N) is 1. The van der Waals surface area contributed by atoms with Crippen LogP contribution in [0.3, 0.4) is 0 Å². The van der Waals surface area contributed by atoms with Crippen LogP contribution in [0.15, 0.2) is 47.3 Å². The van der Waals surface area contributed by atoms with Gasteiger partial charge in [0.15, 0.2) is 0 Å². The molecule has 3 aromatic rings. The molecule has 1 aliphatic rings. The van der Waals surface area contributed by atoms with Crippen LogP contribution in [0.1, 0.15) is 45.5 Å². The molecule has 4 nitrogen and oxygen atoms in total. The second kappa shape index (κ2) is 6.69. The molecule has 0 aliphatic heterocycles. The van der Waals surface area contributed by atoms with E-state index in [9.17, 15) is 9.59 Å². The molecule has 138 valence electrons. The van der Waals surface area contributed by atoms with E-state index in [-0.39, 0.29) is 17.5 Å². The Morgan fingerprint density at radius 1 is 1.07 bits per heavy atom. The Hall–Kier alpha value is -2.88. The van der Waals surface area contributed by atoms with Crippen molar-refractivity contribution >= 4 is 16.8 Å². The van der Waals surface area contributed by atoms with Gasteiger partial charge in [-0.2, -0.15) is 0 Å². The molecule has 0 spiro atoms. The summed E-state index contributed by atoms with van der Waals surface area (Å²) >= 11 is 0. The van der Waals surface area contributed by atoms with E-state index in [4.69, 9.17) is 0 Å². The lowest BCUT2D eigenvalue weighted by Crippen LogP contribution is -2.34. The van der Waals surface area contributed by atoms with E-state index in [1.54, 1.807) is 0 Å². The summed E-state index contributed by atoms with van der Waals surface area (Å²) in [4.78, 5) is 30.6. The van der Waals surface area contributed by atoms with Crippen LogP contribution in [0.25, 0.3) is 10.9 Å². The fourth-order valence-corrected chi connectivity index (χ4v) is 3.73. The van der Waals surface area contributed by atoms with Crippen LogP contribution < -0.4 is 5.56 Å². The molecule has 4 rings (SSSR count). The summed E-state index contributed by atoms with van der Waals surface area (Å²) in [7, 11) is 0. The average molecular weight is 360 g/mol. The highest BCUT2D eigenvalue weighted by Crippen LogP contribution is 2.30. The van der Waals surface area contributed by atoms with Crippen molar-refractivity contribution in [3.8, 4) is 0 Å². The first-order valence-corrected chi connectivity index (χ1v) is 9.43. The predicted molar refractivity (Wildman–Crippen MR) is 108 cm³/mol. The molecule has 0 bridgehead atoms. The molecule has 1 fully saturated rings. The largest absolute Gasteiger partial charge is 0.331 e. The molecule has 0 saturated heterocycles. The van der Waals surface area contributed by atoms with Gasteiger partial charge in [-0.3, -0.25) is 9.59 Å². The maximum Gasteiger partial charge on any atom is 0.254 e. The maximum absolute atomic E-state index is 13.1. The van der Waals surface area contributed by atoms with E-state index in [0.29, 0.717) is 17.7 Å². The number of nitrogens with zero attached hydrogens (tertiary/aromatic N) is 1. The minimum Gasteiger partial charge on any atom is -0.331 e. The minimum absolute atomic E-state index is 0.00104. The Bertz CT molecular complexity index is 1090. The van der Waals surface area contributed by atoms with E-state index in [1.807, 2.05) is 49.1 Å². The zero-order chi connectivity index (χ0) is 19.1. The Labute approximate surface area is 158 Å². The van der Waals surface area contributed by atoms with Gasteiger partial charge < -0.3 is 9.88 Å². The number of pyridine rings is 1. The van der Waals surface area contributed by atoms with Crippen LogP contribution in [0.4, 0.5) is 0 Å². The molecular weight excluding hydrogens is 336 g/mol. The summed E-state index contributed by atoms with van der Waals surface area (Å²) in [6.07, 6.45) is 2.00. The third kappa shape index (κ3) is 3.52. The van der Waals surface area contributed by atoms with Gasteiger partial charge in [-0.05, 0) is 68.8 Å². The summed E-state index contributed by atoms with van der Waals surface area (Å²) in [6, 6.07) is 14.0. The van der Waals surface area contributed by atoms with Crippen LogP contribution in [0.2, 0.25) is 0 Å². The predicted octanol–water partition coefficient (Wildman–Crippen LogP) is 4.26. The Balaban J connectivity index is 1.71. The van der Waals surface area contributed by atoms with Crippen molar-refractivity contribution in [3.05, 3.63) is 80.6 Å². The van der Waals surface area contributed by atoms with E-state index in [0.717, 1.165) is 40.4 Å². The molecule has 1 aromatic heterocycles. The number of hydrogen-bond donors (Lipinski definition) is 1. The molecule has 0 atom stereocenters. The number of rotatable bonds is 4. The summed E-state index contributed by atoms with van der Waals surface area (Å²) in [5.74, 6) is 0.00104. The Morgan fingerprint density at radius 2 is 1.85 bits per heavy atom. The monoisotopic (exact) mass is 360 g/mol. The van der Waals surface area contributed by atoms with Gasteiger partial charge in [-0.15, -0.1) is 0 Å². The van der Waals surface area contributed by atoms with Gasteiger partial charge in [0, 0.05) is 17.2 Å². The molecule has 1 N–H and O–H groups in total. The van der Waals surface area contributed by atoms with Crippen molar-refractivity contribution < 1.29 is 4.79 Å². The molecule has 1 amide bonds. The molecule has 2 aromatic carbocycles. The lowest BCUT2D eigenvalue weighted by Gasteiger charge is -2.23. The second-order valence-electron chi connectivity index (χ2n) is 7.70. The number of aryl methyl sites for hydroxylation is 3. The van der Waals surface area contributed by atoms with Crippen LogP contribution >= 0.6 is 0 Å². The molecule has 0 unspecified atom stereocenters. The van der Waals surface area contributed by atoms with Gasteiger partial charge in [-0.25, -0.2) is 0 Å². The van der Waals surface area contributed by atoms with Gasteiger partial charge in [0.1, 0.15) is 0 Å². The molecule has 1 saturated carbocycles. The number of H-pyrrole nitrogens is 1. The van der Waals surface area contributed by atoms with E-state index in [1.165, 1.54) is 0 Å². The molecule has 1 heterocycles. The number of carbonyl (C=O) groups is 1. The smallest absolute Gasteiger partial charge is 0.254 e. The van der Waals surface area contributed by atoms with Gasteiger partial charge in [0.2, 0.25) is 0 Å². The van der Waals surface area contributed by atoms with Crippen LogP contribution in [-0.2, 0) is 6.54 Å². The highest BCUT2D eigenvalue weighted by atomic mass is 16.2. The first-order chi connectivity index (χ1) is 12.9. The highest BCUT2D eigenvalue weighted by molar-refractivity contribution is 5.95. The van der Waals surface area contributed by atoms with Gasteiger partial charge in [0.05, 0.1) is 12.1 Å². The van der Waals surface area contributed by atoms with Crippen LogP contribution in [-0.4, -0.2) is 21.8 Å². The number of fused-ring (bicyclic) bond motifs is 1. The fourth-order valence-electron chi connectivity index (χ4n) is 3.73. The summed E-state index contributed by atoms with van der Waals surface area (Å²) in [5, 5.41) is 1.01. The second-order valence-corrected chi connectivity index (χ2v) is 7.70. The third-order valence-corrected chi connectivity index (χ3v) is 5.22. The number of carbonyl (C=O) groups excluding carboxylic acids is 1. The SMILES string of the molecule is Cc1cccc(C(=O)N(Cc2cc3cc(C)cc(C)c3[nH]c2=O)C2CC2)c1. The van der Waals surface area contributed by atoms with Gasteiger partial charge in [-0.1, -0.05) is 29.3 Å². The Morgan fingerprint density at radius 3 is 2.56 bits per heavy atom. The third-order valence-electron chi connectivity index (χ3n) is 5.22. The molecule has 0 radical (unpaired) electrons. The number of aromatic nitrogens is 1. The maximum atomic E-state index is 13.1. The normalized spacial score (nSPS) is 13.7. The van der Waals surface area contributed by atoms with E-state index in [2.05, 4.69) is 24.0 Å². The van der Waals surface area contributed by atoms with Crippen molar-refractivity contribution in [3.63, 3.8) is 0 Å². The topological polar surface area (TPSA) is 53.2 Å². The van der Waals surface area contributed by atoms with Gasteiger partial charge in [0.25, 0.3) is 11.5 Å². The number of hydrogen-bond acceptors (Lipinski definition) is 2. The van der Waals surface area contributed by atoms with Crippen molar-refractivity contribution in [2.24, 2.45) is 0 Å². The van der Waals surface area contributed by atoms with Crippen molar-refractivity contribution in [2.75, 3.05) is 0 Å². The van der Waals surface area contributed by atoms with Crippen molar-refractivity contribution in [2.45, 2.75) is 46.2 Å². The number of amides is 1. The first-order valence-electron chi connectivity index (χ1n) is 9.43. The van der Waals surface area contributed by atoms with Crippen molar-refractivity contribution in [1.29, 1.82) is 0 Å². The molecule has 4 heteroatoms. The number of benzene rings is 2. The quantitative estimate of drug-likeness (QED) is 0.756. The first kappa shape index (κ1) is 17.5. The lowest BCUT2D eigenvalue weighted by molar-refractivity contribution is 0.0729. The highest BCUT2D eigenvalue weighted by Gasteiger charge is 2.33. The summed E-state index contributed by atoms with van der Waals surface area (Å²) in [6.45, 7) is 6.38. The summed E-state index contributed by atoms with van der Waals surface area (Å²) < 4.78 is 0. The summed E-state index contributed by atoms with van der Waals surface area (Å²) in [5.41, 5.74) is 5.36. The lowest BCUT2D eigenvalue weighted by atomic mass is 10.0. The van der Waals surface area contributed by atoms with E-state index < -0.39 is 0 Å². The van der Waals surface area contributed by atoms with Gasteiger partial charge >= 0.3 is 0 Å². The Kier molecular flexibility index (Phi) is 4.34. The van der Waals surface area contributed by atoms with Crippen molar-refractivity contribution in [1.82, 2.24) is 9.88 Å². The standard InChI is InChI=1S/C23H24N2O2/c1-14-5-4-6-17(10-14)23(27)25(20-7-8-20)13-19-12-18-11-15(2)9-16(3)21(18)24-22(19)26/h4-6,9-12,20H,7-8,13H2,1-3H3,(H,24,26). The molecule has 27 heavy (non-hydrogen) atoms. The van der Waals surface area contributed by atoms with Crippen LogP contribution in [0.5, 0.6) is 0 Å². The van der Waals surface area contributed by atoms with E-state index >= 15 is 0 Å². The average Bonchev–Trinajstić information content (AvgIpc) is 3.45. The van der Waals surface area contributed by atoms with Crippen LogP contribution in [0, 0.1) is 20.8 Å². The minimum atomic E-state index is -0.114. The fraction of sp³-hybridized carbons (Fsp3) is 0.304.